The van der Waals surface area contributed by atoms with Crippen molar-refractivity contribution in [3.8, 4) is 0 Å². The summed E-state index contributed by atoms with van der Waals surface area (Å²) in [6, 6.07) is 14.2. The number of halogens is 1. The molecule has 4 nitrogen and oxygen atoms in total. The van der Waals surface area contributed by atoms with E-state index in [0.29, 0.717) is 6.54 Å². The number of nitrogens with one attached hydrogen (secondary N) is 2. The van der Waals surface area contributed by atoms with Gasteiger partial charge in [-0.3, -0.25) is 4.99 Å². The van der Waals surface area contributed by atoms with Gasteiger partial charge in [0.15, 0.2) is 5.96 Å². The van der Waals surface area contributed by atoms with Gasteiger partial charge in [-0.15, -0.1) is 11.3 Å². The molecule has 0 saturated carbocycles. The quantitative estimate of drug-likeness (QED) is 0.498. The summed E-state index contributed by atoms with van der Waals surface area (Å²) in [6.45, 7) is 1.57. The first kappa shape index (κ1) is 18.0. The minimum absolute atomic E-state index is 0.0583. The van der Waals surface area contributed by atoms with Crippen molar-refractivity contribution < 1.29 is 5.11 Å². The van der Waals surface area contributed by atoms with Crippen LogP contribution in [-0.4, -0.2) is 37.8 Å². The van der Waals surface area contributed by atoms with Crippen LogP contribution in [0, 0.1) is 0 Å². The van der Waals surface area contributed by atoms with Crippen LogP contribution in [-0.2, 0) is 6.42 Å². The number of thiophene rings is 1. The fraction of sp³-hybridized carbons (Fsp3) is 0.353. The van der Waals surface area contributed by atoms with Crippen LogP contribution < -0.4 is 10.6 Å². The fourth-order valence-electron chi connectivity index (χ4n) is 2.24. The maximum atomic E-state index is 9.59. The van der Waals surface area contributed by atoms with E-state index >= 15 is 0 Å². The lowest BCUT2D eigenvalue weighted by atomic mass is 10.0. The van der Waals surface area contributed by atoms with Crippen LogP contribution in [0.1, 0.15) is 16.4 Å². The lowest BCUT2D eigenvalue weighted by Gasteiger charge is -2.18. The van der Waals surface area contributed by atoms with Gasteiger partial charge in [-0.1, -0.05) is 30.3 Å². The Balaban J connectivity index is 1.78. The number of aliphatic imine (C=N–C) groups is 1. The molecule has 23 heavy (non-hydrogen) atoms. The lowest BCUT2D eigenvalue weighted by molar-refractivity contribution is 0.265. The predicted octanol–water partition coefficient (Wildman–Crippen LogP) is 2.99. The molecule has 0 fully saturated rings. The summed E-state index contributed by atoms with van der Waals surface area (Å²) in [7, 11) is 1.76. The summed E-state index contributed by atoms with van der Waals surface area (Å²) in [5.74, 6) is 0.818. The van der Waals surface area contributed by atoms with Crippen molar-refractivity contribution in [1.29, 1.82) is 0 Å². The van der Waals surface area contributed by atoms with Crippen LogP contribution >= 0.6 is 27.3 Å². The molecule has 0 aliphatic carbocycles. The molecule has 3 N–H and O–H groups in total. The molecule has 1 atom stereocenters. The second kappa shape index (κ2) is 9.70. The Morgan fingerprint density at radius 1 is 1.22 bits per heavy atom. The van der Waals surface area contributed by atoms with E-state index in [1.807, 2.05) is 30.3 Å². The first-order valence-corrected chi connectivity index (χ1v) is 9.18. The molecule has 0 saturated heterocycles. The van der Waals surface area contributed by atoms with Gasteiger partial charge in [0.25, 0.3) is 0 Å². The summed E-state index contributed by atoms with van der Waals surface area (Å²) in [5.41, 5.74) is 1.13. The molecule has 1 heterocycles. The third-order valence-corrected chi connectivity index (χ3v) is 5.21. The number of hydrogen-bond donors (Lipinski definition) is 3. The van der Waals surface area contributed by atoms with E-state index in [-0.39, 0.29) is 12.5 Å². The van der Waals surface area contributed by atoms with Crippen LogP contribution in [0.5, 0.6) is 0 Å². The number of rotatable bonds is 7. The van der Waals surface area contributed by atoms with Gasteiger partial charge in [-0.2, -0.15) is 0 Å². The molecule has 0 bridgehead atoms. The molecule has 6 heteroatoms. The Labute approximate surface area is 149 Å². The summed E-state index contributed by atoms with van der Waals surface area (Å²) >= 11 is 5.23. The second-order valence-electron chi connectivity index (χ2n) is 5.13. The molecule has 2 rings (SSSR count). The maximum absolute atomic E-state index is 9.59. The zero-order valence-corrected chi connectivity index (χ0v) is 15.5. The molecule has 1 aromatic heterocycles. The zero-order chi connectivity index (χ0) is 16.5. The highest BCUT2D eigenvalue weighted by Crippen LogP contribution is 2.22. The Hall–Kier alpha value is -1.37. The van der Waals surface area contributed by atoms with Crippen molar-refractivity contribution in [2.45, 2.75) is 12.3 Å². The first-order chi connectivity index (χ1) is 11.2. The van der Waals surface area contributed by atoms with E-state index in [9.17, 15) is 5.11 Å². The van der Waals surface area contributed by atoms with E-state index in [4.69, 9.17) is 0 Å². The molecule has 0 aliphatic heterocycles. The molecule has 2 aromatic rings. The smallest absolute Gasteiger partial charge is 0.191 e. The average molecular weight is 396 g/mol. The SMILES string of the molecule is CN=C(NCCc1ccc(Br)s1)NCC(CO)c1ccccc1. The van der Waals surface area contributed by atoms with Gasteiger partial charge >= 0.3 is 0 Å². The number of benzene rings is 1. The topological polar surface area (TPSA) is 56.7 Å². The Kier molecular flexibility index (Phi) is 7.58. The summed E-state index contributed by atoms with van der Waals surface area (Å²) in [5, 5.41) is 16.2. The molecule has 0 aliphatic rings. The highest BCUT2D eigenvalue weighted by Gasteiger charge is 2.10. The number of aliphatic hydroxyl groups excluding tert-OH is 1. The number of guanidine groups is 1. The summed E-state index contributed by atoms with van der Waals surface area (Å²) < 4.78 is 1.16. The number of hydrogen-bond acceptors (Lipinski definition) is 3. The largest absolute Gasteiger partial charge is 0.396 e. The van der Waals surface area contributed by atoms with E-state index < -0.39 is 0 Å². The molecule has 1 aromatic carbocycles. The number of aliphatic hydroxyl groups is 1. The van der Waals surface area contributed by atoms with Crippen molar-refractivity contribution in [2.24, 2.45) is 4.99 Å². The van der Waals surface area contributed by atoms with Crippen LogP contribution in [0.2, 0.25) is 0 Å². The highest BCUT2D eigenvalue weighted by atomic mass is 79.9. The molecule has 0 spiro atoms. The molecule has 1 unspecified atom stereocenters. The van der Waals surface area contributed by atoms with Gasteiger partial charge in [0.05, 0.1) is 10.4 Å². The highest BCUT2D eigenvalue weighted by molar-refractivity contribution is 9.11. The van der Waals surface area contributed by atoms with Crippen molar-refractivity contribution >= 4 is 33.2 Å². The Bertz CT molecular complexity index is 615. The van der Waals surface area contributed by atoms with Crippen molar-refractivity contribution in [2.75, 3.05) is 26.7 Å². The van der Waals surface area contributed by atoms with E-state index in [0.717, 1.165) is 28.3 Å². The van der Waals surface area contributed by atoms with Gasteiger partial charge in [0.1, 0.15) is 0 Å². The molecular formula is C17H22BrN3OS. The maximum Gasteiger partial charge on any atom is 0.191 e. The predicted molar refractivity (Wildman–Crippen MR) is 101 cm³/mol. The molecular weight excluding hydrogens is 374 g/mol. The van der Waals surface area contributed by atoms with Crippen LogP contribution in [0.4, 0.5) is 0 Å². The summed E-state index contributed by atoms with van der Waals surface area (Å²) in [4.78, 5) is 5.56. The van der Waals surface area contributed by atoms with Gasteiger partial charge in [0.2, 0.25) is 0 Å². The Morgan fingerprint density at radius 2 is 2.00 bits per heavy atom. The first-order valence-electron chi connectivity index (χ1n) is 7.57. The van der Waals surface area contributed by atoms with E-state index in [2.05, 4.69) is 43.7 Å². The molecule has 0 amide bonds. The standard InChI is InChI=1S/C17H22BrN3OS/c1-19-17(20-10-9-15-7-8-16(18)23-15)21-11-14(12-22)13-5-3-2-4-6-13/h2-8,14,22H,9-12H2,1H3,(H2,19,20,21). The summed E-state index contributed by atoms with van der Waals surface area (Å²) in [6.07, 6.45) is 0.957. The fourth-order valence-corrected chi connectivity index (χ4v) is 3.73. The minimum Gasteiger partial charge on any atom is -0.396 e. The van der Waals surface area contributed by atoms with Crippen molar-refractivity contribution in [1.82, 2.24) is 10.6 Å². The lowest BCUT2D eigenvalue weighted by Crippen LogP contribution is -2.40. The molecule has 0 radical (unpaired) electrons. The third-order valence-electron chi connectivity index (χ3n) is 3.52. The normalized spacial score (nSPS) is 12.9. The van der Waals surface area contributed by atoms with Gasteiger partial charge in [-0.25, -0.2) is 0 Å². The minimum atomic E-state index is 0.0583. The van der Waals surface area contributed by atoms with Gasteiger partial charge in [-0.05, 0) is 40.0 Å². The zero-order valence-electron chi connectivity index (χ0n) is 13.1. The van der Waals surface area contributed by atoms with Gasteiger partial charge < -0.3 is 15.7 Å². The second-order valence-corrected chi connectivity index (χ2v) is 7.67. The van der Waals surface area contributed by atoms with E-state index in [1.165, 1.54) is 4.88 Å². The van der Waals surface area contributed by atoms with E-state index in [1.54, 1.807) is 18.4 Å². The third kappa shape index (κ3) is 5.97. The van der Waals surface area contributed by atoms with Crippen molar-refractivity contribution in [3.63, 3.8) is 0 Å². The van der Waals surface area contributed by atoms with Crippen LogP contribution in [0.15, 0.2) is 51.2 Å². The number of nitrogens with zero attached hydrogens (tertiary/aromatic N) is 1. The van der Waals surface area contributed by atoms with Gasteiger partial charge in [0, 0.05) is 30.9 Å². The van der Waals surface area contributed by atoms with Crippen LogP contribution in [0.25, 0.3) is 0 Å². The Morgan fingerprint density at radius 3 is 2.61 bits per heavy atom. The van der Waals surface area contributed by atoms with Crippen LogP contribution in [0.3, 0.4) is 0 Å². The monoisotopic (exact) mass is 395 g/mol. The van der Waals surface area contributed by atoms with Crippen molar-refractivity contribution in [3.05, 3.63) is 56.7 Å². The molecule has 124 valence electrons. The average Bonchev–Trinajstić information content (AvgIpc) is 3.00.